The topological polar surface area (TPSA) is 9.23 Å². The molecule has 0 N–H and O–H groups in total. The Morgan fingerprint density at radius 3 is 2.05 bits per heavy atom. The largest absolute Gasteiger partial charge is 0.573 e. The maximum absolute atomic E-state index is 12.2. The van der Waals surface area contributed by atoms with Crippen molar-refractivity contribution in [1.29, 1.82) is 0 Å². The van der Waals surface area contributed by atoms with E-state index >= 15 is 0 Å². The summed E-state index contributed by atoms with van der Waals surface area (Å²) < 4.78 is 40.5. The number of rotatable bonds is 1. The molecule has 0 aliphatic carbocycles. The van der Waals surface area contributed by atoms with Crippen LogP contribution in [0.4, 0.5) is 13.2 Å². The van der Waals surface area contributed by atoms with Crippen molar-refractivity contribution in [2.75, 3.05) is 0 Å². The van der Waals surface area contributed by atoms with Crippen molar-refractivity contribution in [2.45, 2.75) is 32.5 Å². The first kappa shape index (κ1) is 13.7. The number of halogens is 3. The highest BCUT2D eigenvalue weighted by molar-refractivity contribution is 5.84. The Balaban J connectivity index is 2.46. The van der Waals surface area contributed by atoms with Crippen LogP contribution in [0.15, 0.2) is 36.4 Å². The molecule has 1 nitrogen and oxygen atoms in total. The van der Waals surface area contributed by atoms with Crippen molar-refractivity contribution in [2.24, 2.45) is 0 Å². The van der Waals surface area contributed by atoms with E-state index in [-0.39, 0.29) is 11.2 Å². The van der Waals surface area contributed by atoms with Crippen LogP contribution in [0, 0.1) is 0 Å². The molecular formula is C15H15F3O. The van der Waals surface area contributed by atoms with E-state index < -0.39 is 6.36 Å². The van der Waals surface area contributed by atoms with E-state index in [1.54, 1.807) is 6.07 Å². The third-order valence-electron chi connectivity index (χ3n) is 2.91. The monoisotopic (exact) mass is 268 g/mol. The predicted molar refractivity (Wildman–Crippen MR) is 69.3 cm³/mol. The molecule has 2 rings (SSSR count). The first-order valence-corrected chi connectivity index (χ1v) is 5.95. The van der Waals surface area contributed by atoms with Crippen molar-refractivity contribution >= 4 is 10.8 Å². The fraction of sp³-hybridized carbons (Fsp3) is 0.333. The van der Waals surface area contributed by atoms with Gasteiger partial charge in [0.1, 0.15) is 5.75 Å². The normalized spacial score (nSPS) is 12.7. The van der Waals surface area contributed by atoms with E-state index in [4.69, 9.17) is 0 Å². The molecule has 0 saturated carbocycles. The summed E-state index contributed by atoms with van der Waals surface area (Å²) >= 11 is 0. The smallest absolute Gasteiger partial charge is 0.406 e. The second-order valence-corrected chi connectivity index (χ2v) is 5.52. The number of ether oxygens (including phenoxy) is 1. The van der Waals surface area contributed by atoms with E-state index in [0.29, 0.717) is 0 Å². The van der Waals surface area contributed by atoms with Crippen LogP contribution in [0.5, 0.6) is 5.75 Å². The average Bonchev–Trinajstić information content (AvgIpc) is 2.24. The Bertz CT molecular complexity index is 594. The van der Waals surface area contributed by atoms with Gasteiger partial charge in [-0.3, -0.25) is 0 Å². The predicted octanol–water partition coefficient (Wildman–Crippen LogP) is 5.04. The summed E-state index contributed by atoms with van der Waals surface area (Å²) in [5, 5.41) is 1.64. The molecule has 4 heteroatoms. The van der Waals surface area contributed by atoms with E-state index in [0.717, 1.165) is 16.3 Å². The summed E-state index contributed by atoms with van der Waals surface area (Å²) in [5.74, 6) is -0.189. The summed E-state index contributed by atoms with van der Waals surface area (Å²) in [6.07, 6.45) is -4.66. The van der Waals surface area contributed by atoms with Crippen LogP contribution in [0.25, 0.3) is 10.8 Å². The van der Waals surface area contributed by atoms with Crippen LogP contribution < -0.4 is 4.74 Å². The van der Waals surface area contributed by atoms with Gasteiger partial charge in [0, 0.05) is 0 Å². The van der Waals surface area contributed by atoms with Crippen LogP contribution in [0.2, 0.25) is 0 Å². The molecule has 0 saturated heterocycles. The Morgan fingerprint density at radius 1 is 0.842 bits per heavy atom. The molecule has 0 aromatic heterocycles. The maximum Gasteiger partial charge on any atom is 0.573 e. The number of fused-ring (bicyclic) bond motifs is 1. The van der Waals surface area contributed by atoms with Gasteiger partial charge in [-0.05, 0) is 33.9 Å². The average molecular weight is 268 g/mol. The van der Waals surface area contributed by atoms with Gasteiger partial charge < -0.3 is 4.74 Å². The zero-order valence-corrected chi connectivity index (χ0v) is 11.0. The van der Waals surface area contributed by atoms with Crippen LogP contribution in [0.1, 0.15) is 26.3 Å². The van der Waals surface area contributed by atoms with Crippen LogP contribution >= 0.6 is 0 Å². The second-order valence-electron chi connectivity index (χ2n) is 5.52. The summed E-state index contributed by atoms with van der Waals surface area (Å²) in [4.78, 5) is 0. The maximum atomic E-state index is 12.2. The molecule has 2 aromatic carbocycles. The molecule has 102 valence electrons. The minimum absolute atomic E-state index is 0.0465. The molecular weight excluding hydrogens is 253 g/mol. The number of hydrogen-bond donors (Lipinski definition) is 0. The zero-order chi connectivity index (χ0) is 14.3. The molecule has 0 bridgehead atoms. The van der Waals surface area contributed by atoms with E-state index in [1.807, 2.05) is 18.2 Å². The second kappa shape index (κ2) is 4.44. The van der Waals surface area contributed by atoms with Gasteiger partial charge in [0.25, 0.3) is 0 Å². The molecule has 0 spiro atoms. The summed E-state index contributed by atoms with van der Waals surface area (Å²) in [6.45, 7) is 6.18. The molecule has 0 amide bonds. The minimum atomic E-state index is -4.66. The first-order chi connectivity index (χ1) is 8.65. The lowest BCUT2D eigenvalue weighted by atomic mass is 9.86. The van der Waals surface area contributed by atoms with Gasteiger partial charge in [-0.1, -0.05) is 45.0 Å². The molecule has 0 heterocycles. The van der Waals surface area contributed by atoms with Gasteiger partial charge in [0.05, 0.1) is 0 Å². The van der Waals surface area contributed by atoms with Crippen LogP contribution in [0.3, 0.4) is 0 Å². The highest BCUT2D eigenvalue weighted by Gasteiger charge is 2.31. The van der Waals surface area contributed by atoms with Crippen LogP contribution in [-0.2, 0) is 5.41 Å². The molecule has 0 aliphatic heterocycles. The quantitative estimate of drug-likeness (QED) is 0.704. The van der Waals surface area contributed by atoms with Gasteiger partial charge in [-0.15, -0.1) is 13.2 Å². The minimum Gasteiger partial charge on any atom is -0.406 e. The third-order valence-corrected chi connectivity index (χ3v) is 2.91. The molecule has 19 heavy (non-hydrogen) atoms. The SMILES string of the molecule is CC(C)(C)c1ccc2ccc(OC(F)(F)F)cc2c1. The summed E-state index contributed by atoms with van der Waals surface area (Å²) in [6, 6.07) is 10.2. The van der Waals surface area contributed by atoms with Gasteiger partial charge in [0.2, 0.25) is 0 Å². The Hall–Kier alpha value is -1.71. The van der Waals surface area contributed by atoms with Crippen molar-refractivity contribution in [1.82, 2.24) is 0 Å². The Morgan fingerprint density at radius 2 is 1.47 bits per heavy atom. The van der Waals surface area contributed by atoms with Crippen LogP contribution in [-0.4, -0.2) is 6.36 Å². The number of hydrogen-bond acceptors (Lipinski definition) is 1. The lowest BCUT2D eigenvalue weighted by molar-refractivity contribution is -0.274. The lowest BCUT2D eigenvalue weighted by Gasteiger charge is -2.19. The molecule has 0 radical (unpaired) electrons. The fourth-order valence-corrected chi connectivity index (χ4v) is 1.89. The van der Waals surface area contributed by atoms with Crippen molar-refractivity contribution in [3.8, 4) is 5.75 Å². The van der Waals surface area contributed by atoms with Gasteiger partial charge in [0.15, 0.2) is 0 Å². The fourth-order valence-electron chi connectivity index (χ4n) is 1.89. The van der Waals surface area contributed by atoms with Gasteiger partial charge in [-0.25, -0.2) is 0 Å². The molecule has 0 fully saturated rings. The van der Waals surface area contributed by atoms with Gasteiger partial charge in [-0.2, -0.15) is 0 Å². The summed E-state index contributed by atoms with van der Waals surface area (Å²) in [7, 11) is 0. The molecule has 0 unspecified atom stereocenters. The zero-order valence-electron chi connectivity index (χ0n) is 11.0. The Labute approximate surface area is 110 Å². The molecule has 0 aliphatic rings. The number of alkyl halides is 3. The summed E-state index contributed by atoms with van der Waals surface area (Å²) in [5.41, 5.74) is 1.03. The van der Waals surface area contributed by atoms with Crippen molar-refractivity contribution in [3.05, 3.63) is 42.0 Å². The highest BCUT2D eigenvalue weighted by Crippen LogP contribution is 2.30. The first-order valence-electron chi connectivity index (χ1n) is 5.95. The standard InChI is InChI=1S/C15H15F3O/c1-14(2,3)12-6-4-10-5-7-13(9-11(10)8-12)19-15(16,17)18/h4-9H,1-3H3. The van der Waals surface area contributed by atoms with E-state index in [9.17, 15) is 13.2 Å². The van der Waals surface area contributed by atoms with E-state index in [1.165, 1.54) is 12.1 Å². The third kappa shape index (κ3) is 3.40. The lowest BCUT2D eigenvalue weighted by Crippen LogP contribution is -2.17. The van der Waals surface area contributed by atoms with Gasteiger partial charge >= 0.3 is 6.36 Å². The molecule has 2 aromatic rings. The Kier molecular flexibility index (Phi) is 3.20. The van der Waals surface area contributed by atoms with Crippen molar-refractivity contribution < 1.29 is 17.9 Å². The highest BCUT2D eigenvalue weighted by atomic mass is 19.4. The van der Waals surface area contributed by atoms with E-state index in [2.05, 4.69) is 25.5 Å². The molecule has 0 atom stereocenters. The number of benzene rings is 2. The van der Waals surface area contributed by atoms with Crippen molar-refractivity contribution in [3.63, 3.8) is 0 Å².